The highest BCUT2D eigenvalue weighted by Crippen LogP contribution is 2.07. The molecule has 0 saturated carbocycles. The number of halogens is 1. The minimum absolute atomic E-state index is 0.116. The monoisotopic (exact) mass is 213 g/mol. The summed E-state index contributed by atoms with van der Waals surface area (Å²) in [6.45, 7) is 0. The molecular weight excluding hydrogens is 201 g/mol. The van der Waals surface area contributed by atoms with E-state index >= 15 is 0 Å². The van der Waals surface area contributed by atoms with E-state index in [0.29, 0.717) is 5.56 Å². The lowest BCUT2D eigenvalue weighted by Crippen LogP contribution is -2.41. The van der Waals surface area contributed by atoms with Gasteiger partial charge in [-0.2, -0.15) is 0 Å². The van der Waals surface area contributed by atoms with Gasteiger partial charge in [0.25, 0.3) is 0 Å². The lowest BCUT2D eigenvalue weighted by Gasteiger charge is -2.14. The smallest absolute Gasteiger partial charge is 0.334 e. The van der Waals surface area contributed by atoms with E-state index in [4.69, 9.17) is 15.9 Å². The van der Waals surface area contributed by atoms with Crippen molar-refractivity contribution in [1.82, 2.24) is 0 Å². The molecule has 0 aliphatic carbocycles. The topological polar surface area (TPSA) is 83.5 Å². The summed E-state index contributed by atoms with van der Waals surface area (Å²) in [5.74, 6) is -1.79. The first-order valence-electron chi connectivity index (χ1n) is 4.41. The largest absolute Gasteiger partial charge is 0.479 e. The normalized spacial score (nSPS) is 14.6. The second-order valence-corrected chi connectivity index (χ2v) is 3.28. The van der Waals surface area contributed by atoms with Gasteiger partial charge in [0, 0.05) is 6.04 Å². The predicted octanol–water partition coefficient (Wildman–Crippen LogP) is 0.141. The third-order valence-electron chi connectivity index (χ3n) is 2.02. The van der Waals surface area contributed by atoms with Gasteiger partial charge in [-0.15, -0.1) is 0 Å². The minimum Gasteiger partial charge on any atom is -0.479 e. The summed E-state index contributed by atoms with van der Waals surface area (Å²) < 4.78 is 12.8. The van der Waals surface area contributed by atoms with Gasteiger partial charge in [-0.1, -0.05) is 12.1 Å². The first-order valence-corrected chi connectivity index (χ1v) is 4.41. The number of carboxylic acid groups (broad SMARTS) is 1. The fourth-order valence-electron chi connectivity index (χ4n) is 1.23. The van der Waals surface area contributed by atoms with E-state index in [1.807, 2.05) is 0 Å². The number of rotatable bonds is 4. The third kappa shape index (κ3) is 3.30. The zero-order valence-electron chi connectivity index (χ0n) is 7.93. The van der Waals surface area contributed by atoms with Crippen molar-refractivity contribution >= 4 is 5.97 Å². The predicted molar refractivity (Wildman–Crippen MR) is 51.7 cm³/mol. The van der Waals surface area contributed by atoms with Crippen LogP contribution in [0.25, 0.3) is 0 Å². The molecule has 0 amide bonds. The Balaban J connectivity index is 2.66. The van der Waals surface area contributed by atoms with Crippen LogP contribution in [0.15, 0.2) is 24.3 Å². The summed E-state index contributed by atoms with van der Waals surface area (Å²) in [6, 6.07) is 4.73. The van der Waals surface area contributed by atoms with Crippen LogP contribution in [0.4, 0.5) is 4.39 Å². The Labute approximate surface area is 86.1 Å². The van der Waals surface area contributed by atoms with E-state index < -0.39 is 23.9 Å². The molecule has 0 fully saturated rings. The van der Waals surface area contributed by atoms with Crippen molar-refractivity contribution in [1.29, 1.82) is 0 Å². The molecule has 0 aliphatic rings. The van der Waals surface area contributed by atoms with E-state index in [0.717, 1.165) is 0 Å². The van der Waals surface area contributed by atoms with Crippen LogP contribution < -0.4 is 5.73 Å². The minimum atomic E-state index is -1.63. The molecule has 0 saturated heterocycles. The van der Waals surface area contributed by atoms with Crippen LogP contribution in [0.3, 0.4) is 0 Å². The molecule has 4 nitrogen and oxygen atoms in total. The Bertz CT molecular complexity index is 356. The Morgan fingerprint density at radius 2 is 2.20 bits per heavy atom. The number of aliphatic hydroxyl groups is 1. The molecule has 1 aromatic carbocycles. The lowest BCUT2D eigenvalue weighted by molar-refractivity contribution is -0.147. The van der Waals surface area contributed by atoms with Gasteiger partial charge in [-0.3, -0.25) is 0 Å². The number of aliphatic hydroxyl groups excluding tert-OH is 1. The van der Waals surface area contributed by atoms with Gasteiger partial charge in [-0.25, -0.2) is 9.18 Å². The highest BCUT2D eigenvalue weighted by molar-refractivity contribution is 5.72. The molecule has 0 unspecified atom stereocenters. The van der Waals surface area contributed by atoms with E-state index in [1.54, 1.807) is 6.07 Å². The molecule has 0 aliphatic heterocycles. The van der Waals surface area contributed by atoms with E-state index in [-0.39, 0.29) is 6.42 Å². The summed E-state index contributed by atoms with van der Waals surface area (Å²) in [5.41, 5.74) is 6.01. The summed E-state index contributed by atoms with van der Waals surface area (Å²) in [6.07, 6.45) is -1.51. The number of aliphatic carboxylic acids is 1. The van der Waals surface area contributed by atoms with Crippen LogP contribution in [-0.2, 0) is 11.2 Å². The number of hydrogen-bond acceptors (Lipinski definition) is 3. The van der Waals surface area contributed by atoms with Crippen LogP contribution >= 0.6 is 0 Å². The zero-order chi connectivity index (χ0) is 11.4. The molecular formula is C10H12FNO3. The van der Waals surface area contributed by atoms with Gasteiger partial charge in [0.2, 0.25) is 0 Å². The van der Waals surface area contributed by atoms with Crippen molar-refractivity contribution in [3.63, 3.8) is 0 Å². The Morgan fingerprint density at radius 1 is 1.53 bits per heavy atom. The standard InChI is InChI=1S/C10H12FNO3/c11-7-3-1-2-6(4-7)5-8(12)9(13)10(14)15/h1-4,8-9,13H,5,12H2,(H,14,15)/t8-,9-/m1/s1. The van der Waals surface area contributed by atoms with Gasteiger partial charge in [0.15, 0.2) is 6.10 Å². The SMILES string of the molecule is N[C@H](Cc1cccc(F)c1)[C@@H](O)C(=O)O. The average molecular weight is 213 g/mol. The molecule has 15 heavy (non-hydrogen) atoms. The second kappa shape index (κ2) is 4.86. The highest BCUT2D eigenvalue weighted by Gasteiger charge is 2.22. The molecule has 0 aromatic heterocycles. The Kier molecular flexibility index (Phi) is 3.76. The molecule has 4 N–H and O–H groups in total. The zero-order valence-corrected chi connectivity index (χ0v) is 7.93. The maximum absolute atomic E-state index is 12.8. The van der Waals surface area contributed by atoms with Gasteiger partial charge in [0.05, 0.1) is 0 Å². The van der Waals surface area contributed by atoms with Gasteiger partial charge >= 0.3 is 5.97 Å². The van der Waals surface area contributed by atoms with Crippen molar-refractivity contribution in [2.45, 2.75) is 18.6 Å². The fourth-order valence-corrected chi connectivity index (χ4v) is 1.23. The quantitative estimate of drug-likeness (QED) is 0.664. The summed E-state index contributed by atoms with van der Waals surface area (Å²) in [7, 11) is 0. The van der Waals surface area contributed by atoms with Crippen molar-refractivity contribution in [2.24, 2.45) is 5.73 Å². The van der Waals surface area contributed by atoms with E-state index in [1.165, 1.54) is 18.2 Å². The van der Waals surface area contributed by atoms with Crippen LogP contribution in [0.2, 0.25) is 0 Å². The number of nitrogens with two attached hydrogens (primary N) is 1. The van der Waals surface area contributed by atoms with Crippen LogP contribution in [-0.4, -0.2) is 28.3 Å². The van der Waals surface area contributed by atoms with Crippen molar-refractivity contribution in [2.75, 3.05) is 0 Å². The third-order valence-corrected chi connectivity index (χ3v) is 2.02. The molecule has 0 bridgehead atoms. The first kappa shape index (κ1) is 11.6. The van der Waals surface area contributed by atoms with Crippen LogP contribution in [0, 0.1) is 5.82 Å². The van der Waals surface area contributed by atoms with Crippen molar-refractivity contribution in [3.05, 3.63) is 35.6 Å². The molecule has 2 atom stereocenters. The molecule has 0 spiro atoms. The number of hydrogen-bond donors (Lipinski definition) is 3. The molecule has 5 heteroatoms. The van der Waals surface area contributed by atoms with E-state index in [9.17, 15) is 9.18 Å². The first-order chi connectivity index (χ1) is 7.00. The number of benzene rings is 1. The summed E-state index contributed by atoms with van der Waals surface area (Å²) in [5, 5.41) is 17.6. The highest BCUT2D eigenvalue weighted by atomic mass is 19.1. The van der Waals surface area contributed by atoms with Crippen LogP contribution in [0.1, 0.15) is 5.56 Å². The summed E-state index contributed by atoms with van der Waals surface area (Å²) >= 11 is 0. The molecule has 1 aromatic rings. The lowest BCUT2D eigenvalue weighted by atomic mass is 10.0. The average Bonchev–Trinajstić information content (AvgIpc) is 2.16. The molecule has 1 rings (SSSR count). The van der Waals surface area contributed by atoms with Crippen molar-refractivity contribution in [3.8, 4) is 0 Å². The number of carboxylic acids is 1. The van der Waals surface area contributed by atoms with E-state index in [2.05, 4.69) is 0 Å². The van der Waals surface area contributed by atoms with Gasteiger partial charge in [0.1, 0.15) is 5.82 Å². The maximum atomic E-state index is 12.8. The Morgan fingerprint density at radius 3 is 2.73 bits per heavy atom. The van der Waals surface area contributed by atoms with Gasteiger partial charge < -0.3 is 15.9 Å². The van der Waals surface area contributed by atoms with Crippen LogP contribution in [0.5, 0.6) is 0 Å². The Hall–Kier alpha value is -1.46. The molecule has 82 valence electrons. The molecule has 0 radical (unpaired) electrons. The number of carbonyl (C=O) groups is 1. The second-order valence-electron chi connectivity index (χ2n) is 3.28. The van der Waals surface area contributed by atoms with Crippen molar-refractivity contribution < 1.29 is 19.4 Å². The maximum Gasteiger partial charge on any atom is 0.334 e. The van der Waals surface area contributed by atoms with Gasteiger partial charge in [-0.05, 0) is 24.1 Å². The summed E-state index contributed by atoms with van der Waals surface area (Å²) in [4.78, 5) is 10.4. The fraction of sp³-hybridized carbons (Fsp3) is 0.300. The molecule has 0 heterocycles.